The zero-order valence-electron chi connectivity index (χ0n) is 24.4. The van der Waals surface area contributed by atoms with Crippen LogP contribution in [0, 0.1) is 6.92 Å². The summed E-state index contributed by atoms with van der Waals surface area (Å²) < 4.78 is 39.1. The molecule has 0 saturated heterocycles. The lowest BCUT2D eigenvalue weighted by molar-refractivity contribution is -0.140. The van der Waals surface area contributed by atoms with E-state index >= 15 is 0 Å². The van der Waals surface area contributed by atoms with Gasteiger partial charge >= 0.3 is 0 Å². The molecule has 0 aliphatic carbocycles. The fourth-order valence-corrected chi connectivity index (χ4v) is 5.77. The number of nitrogens with zero attached hydrogens (tertiary/aromatic N) is 2. The first-order valence-corrected chi connectivity index (χ1v) is 15.9. The molecule has 4 rings (SSSR count). The molecule has 224 valence electrons. The van der Waals surface area contributed by atoms with Gasteiger partial charge in [0.2, 0.25) is 21.8 Å². The molecule has 0 aromatic heterocycles. The first-order chi connectivity index (χ1) is 20.2. The number of amides is 2. The van der Waals surface area contributed by atoms with Gasteiger partial charge in [-0.05, 0) is 43.5 Å². The molecule has 0 fully saturated rings. The Morgan fingerprint density at radius 3 is 2.26 bits per heavy atom. The maximum atomic E-state index is 14.2. The third-order valence-electron chi connectivity index (χ3n) is 7.09. The Morgan fingerprint density at radius 2 is 1.60 bits per heavy atom. The van der Waals surface area contributed by atoms with Crippen LogP contribution >= 0.6 is 0 Å². The number of ether oxygens (including phenoxy) is 2. The topological polar surface area (TPSA) is 105 Å². The van der Waals surface area contributed by atoms with Crippen LogP contribution in [-0.2, 0) is 32.6 Å². The van der Waals surface area contributed by atoms with E-state index in [4.69, 9.17) is 9.47 Å². The van der Waals surface area contributed by atoms with Crippen molar-refractivity contribution in [3.63, 3.8) is 0 Å². The van der Waals surface area contributed by atoms with Gasteiger partial charge in [0.1, 0.15) is 25.8 Å². The molecule has 42 heavy (non-hydrogen) atoms. The van der Waals surface area contributed by atoms with Crippen LogP contribution in [0.25, 0.3) is 0 Å². The highest BCUT2D eigenvalue weighted by molar-refractivity contribution is 7.92. The zero-order valence-corrected chi connectivity index (χ0v) is 25.2. The number of fused-ring (bicyclic) bond motifs is 1. The Hall–Kier alpha value is -4.05. The van der Waals surface area contributed by atoms with Gasteiger partial charge < -0.3 is 19.7 Å². The molecule has 0 spiro atoms. The van der Waals surface area contributed by atoms with Crippen LogP contribution in [-0.4, -0.2) is 63.2 Å². The number of hydrogen-bond acceptors (Lipinski definition) is 6. The fraction of sp³-hybridized carbons (Fsp3) is 0.375. The molecule has 0 saturated carbocycles. The largest absolute Gasteiger partial charge is 0.486 e. The Kier molecular flexibility index (Phi) is 10.5. The van der Waals surface area contributed by atoms with Crippen molar-refractivity contribution in [3.05, 3.63) is 89.5 Å². The summed E-state index contributed by atoms with van der Waals surface area (Å²) in [7, 11) is -3.88. The molecule has 0 unspecified atom stereocenters. The molecule has 1 atom stereocenters. The Bertz CT molecular complexity index is 1460. The second kappa shape index (κ2) is 14.2. The van der Waals surface area contributed by atoms with Crippen molar-refractivity contribution in [3.8, 4) is 11.5 Å². The van der Waals surface area contributed by atoms with Crippen LogP contribution in [0.5, 0.6) is 11.5 Å². The highest BCUT2D eigenvalue weighted by Crippen LogP contribution is 2.35. The molecule has 1 aliphatic heterocycles. The maximum absolute atomic E-state index is 14.2. The van der Waals surface area contributed by atoms with E-state index in [1.165, 1.54) is 11.8 Å². The molecule has 9 nitrogen and oxygen atoms in total. The number of nitrogens with one attached hydrogen (secondary N) is 1. The van der Waals surface area contributed by atoms with E-state index in [-0.39, 0.29) is 24.6 Å². The molecule has 3 aromatic carbocycles. The summed E-state index contributed by atoms with van der Waals surface area (Å²) in [5.74, 6) is -0.0565. The van der Waals surface area contributed by atoms with Crippen molar-refractivity contribution in [2.24, 2.45) is 0 Å². The molecule has 1 N–H and O–H groups in total. The van der Waals surface area contributed by atoms with Gasteiger partial charge in [-0.25, -0.2) is 8.42 Å². The van der Waals surface area contributed by atoms with E-state index in [2.05, 4.69) is 5.32 Å². The van der Waals surface area contributed by atoms with Gasteiger partial charge in [0, 0.05) is 25.6 Å². The molecule has 0 bridgehead atoms. The molecule has 1 heterocycles. The van der Waals surface area contributed by atoms with Crippen LogP contribution in [0.15, 0.2) is 72.8 Å². The Morgan fingerprint density at radius 1 is 0.905 bits per heavy atom. The number of aryl methyl sites for hydroxylation is 1. The number of benzene rings is 3. The van der Waals surface area contributed by atoms with Gasteiger partial charge in [0.25, 0.3) is 0 Å². The summed E-state index contributed by atoms with van der Waals surface area (Å²) in [5.41, 5.74) is 3.08. The number of rotatable bonds is 13. The number of carbonyl (C=O) groups is 2. The predicted octanol–water partition coefficient (Wildman–Crippen LogP) is 4.09. The smallest absolute Gasteiger partial charge is 0.244 e. The van der Waals surface area contributed by atoms with E-state index in [0.29, 0.717) is 36.9 Å². The minimum atomic E-state index is -3.88. The van der Waals surface area contributed by atoms with Crippen molar-refractivity contribution in [1.82, 2.24) is 10.2 Å². The third-order valence-corrected chi connectivity index (χ3v) is 8.83. The number of sulfonamides is 1. The van der Waals surface area contributed by atoms with Crippen molar-refractivity contribution in [2.45, 2.75) is 46.2 Å². The average Bonchev–Trinajstić information content (AvgIpc) is 3.01. The predicted molar refractivity (Wildman–Crippen MR) is 163 cm³/mol. The lowest BCUT2D eigenvalue weighted by Gasteiger charge is -2.34. The molecule has 10 heteroatoms. The van der Waals surface area contributed by atoms with Gasteiger partial charge in [-0.15, -0.1) is 0 Å². The summed E-state index contributed by atoms with van der Waals surface area (Å²) in [6.07, 6.45) is 1.01. The molecular formula is C32H39N3O6S. The summed E-state index contributed by atoms with van der Waals surface area (Å²) in [4.78, 5) is 29.3. The zero-order chi connectivity index (χ0) is 30.1. The van der Waals surface area contributed by atoms with Gasteiger partial charge in [-0.2, -0.15) is 0 Å². The minimum absolute atomic E-state index is 0.136. The molecule has 3 aromatic rings. The van der Waals surface area contributed by atoms with Crippen molar-refractivity contribution >= 4 is 27.5 Å². The summed E-state index contributed by atoms with van der Waals surface area (Å²) in [6, 6.07) is 21.2. The van der Waals surface area contributed by atoms with Crippen LogP contribution in [0.3, 0.4) is 0 Å². The summed E-state index contributed by atoms with van der Waals surface area (Å²) in [6.45, 7) is 6.33. The first kappa shape index (κ1) is 30.9. The van der Waals surface area contributed by atoms with Crippen molar-refractivity contribution in [2.75, 3.05) is 36.4 Å². The standard InChI is InChI=1S/C32H39N3O6S/c1-4-17-33-32(37)28(20-25-9-7-6-8-10-25)34(22-26-13-11-24(3)12-14-26)31(36)23-35(42(38,39)5-2)27-15-16-29-30(21-27)41-19-18-40-29/h6-16,21,28H,4-5,17-20,22-23H2,1-3H3,(H,33,37)/t28-/m0/s1. The highest BCUT2D eigenvalue weighted by Gasteiger charge is 2.34. The van der Waals surface area contributed by atoms with Gasteiger partial charge in [0.05, 0.1) is 11.4 Å². The Labute approximate surface area is 248 Å². The van der Waals surface area contributed by atoms with Crippen LogP contribution in [0.1, 0.15) is 37.0 Å². The monoisotopic (exact) mass is 593 g/mol. The van der Waals surface area contributed by atoms with E-state index in [1.54, 1.807) is 18.2 Å². The van der Waals surface area contributed by atoms with Crippen LogP contribution in [0.2, 0.25) is 0 Å². The molecule has 1 aliphatic rings. The van der Waals surface area contributed by atoms with E-state index in [9.17, 15) is 18.0 Å². The van der Waals surface area contributed by atoms with Crippen molar-refractivity contribution in [1.29, 1.82) is 0 Å². The lowest BCUT2D eigenvalue weighted by atomic mass is 10.0. The number of hydrogen-bond donors (Lipinski definition) is 1. The quantitative estimate of drug-likeness (QED) is 0.320. The molecule has 0 radical (unpaired) electrons. The molecule has 2 amide bonds. The fourth-order valence-electron chi connectivity index (χ4n) is 4.72. The first-order valence-electron chi connectivity index (χ1n) is 14.3. The molecular weight excluding hydrogens is 554 g/mol. The summed E-state index contributed by atoms with van der Waals surface area (Å²) in [5, 5.41) is 2.95. The maximum Gasteiger partial charge on any atom is 0.244 e. The van der Waals surface area contributed by atoms with E-state index in [1.807, 2.05) is 68.4 Å². The van der Waals surface area contributed by atoms with Crippen LogP contribution < -0.4 is 19.1 Å². The van der Waals surface area contributed by atoms with Crippen molar-refractivity contribution < 1.29 is 27.5 Å². The SMILES string of the molecule is CCCNC(=O)[C@H](Cc1ccccc1)N(Cc1ccc(C)cc1)C(=O)CN(c1ccc2c(c1)OCCO2)S(=O)(=O)CC. The van der Waals surface area contributed by atoms with Gasteiger partial charge in [-0.3, -0.25) is 13.9 Å². The van der Waals surface area contributed by atoms with Crippen LogP contribution in [0.4, 0.5) is 5.69 Å². The summed E-state index contributed by atoms with van der Waals surface area (Å²) >= 11 is 0. The van der Waals surface area contributed by atoms with Gasteiger partial charge in [-0.1, -0.05) is 67.1 Å². The Balaban J connectivity index is 1.73. The highest BCUT2D eigenvalue weighted by atomic mass is 32.2. The third kappa shape index (κ3) is 7.82. The van der Waals surface area contributed by atoms with E-state index in [0.717, 1.165) is 27.4 Å². The second-order valence-electron chi connectivity index (χ2n) is 10.2. The minimum Gasteiger partial charge on any atom is -0.486 e. The lowest BCUT2D eigenvalue weighted by Crippen LogP contribution is -2.53. The average molecular weight is 594 g/mol. The normalized spacial score (nSPS) is 13.2. The number of anilines is 1. The number of carbonyl (C=O) groups excluding carboxylic acids is 2. The van der Waals surface area contributed by atoms with E-state index < -0.39 is 28.5 Å². The van der Waals surface area contributed by atoms with Gasteiger partial charge in [0.15, 0.2) is 11.5 Å². The second-order valence-corrected chi connectivity index (χ2v) is 12.4.